The van der Waals surface area contributed by atoms with Crippen LogP contribution in [0, 0.1) is 11.8 Å². The summed E-state index contributed by atoms with van der Waals surface area (Å²) < 4.78 is 0. The maximum Gasteiger partial charge on any atom is 0.220 e. The fraction of sp³-hybridized carbons (Fsp3) is 0.923. The SMILES string of the molecule is N[C@@H]1CCC[C@H]1CC(=O)NCC1CCCC1O. The zero-order valence-electron chi connectivity index (χ0n) is 10.4. The molecule has 4 N–H and O–H groups in total. The number of aliphatic hydroxyl groups excluding tert-OH is 1. The molecule has 2 aliphatic rings. The summed E-state index contributed by atoms with van der Waals surface area (Å²) in [6.07, 6.45) is 6.63. The van der Waals surface area contributed by atoms with Crippen molar-refractivity contribution >= 4 is 5.91 Å². The summed E-state index contributed by atoms with van der Waals surface area (Å²) in [6, 6.07) is 0.206. The molecule has 4 heteroatoms. The first-order valence-corrected chi connectivity index (χ1v) is 6.87. The summed E-state index contributed by atoms with van der Waals surface area (Å²) in [5, 5.41) is 12.6. The van der Waals surface area contributed by atoms with E-state index < -0.39 is 0 Å². The molecule has 4 nitrogen and oxygen atoms in total. The van der Waals surface area contributed by atoms with Gasteiger partial charge in [-0.05, 0) is 31.6 Å². The minimum absolute atomic E-state index is 0.103. The Labute approximate surface area is 103 Å². The number of aliphatic hydroxyl groups is 1. The van der Waals surface area contributed by atoms with E-state index in [1.165, 1.54) is 0 Å². The van der Waals surface area contributed by atoms with E-state index in [4.69, 9.17) is 5.73 Å². The summed E-state index contributed by atoms with van der Waals surface area (Å²) in [4.78, 5) is 11.8. The largest absolute Gasteiger partial charge is 0.393 e. The topological polar surface area (TPSA) is 75.4 Å². The standard InChI is InChI=1S/C13H24N2O2/c14-11-5-1-3-9(11)7-13(17)15-8-10-4-2-6-12(10)16/h9-12,16H,1-8,14H2,(H,15,17)/t9-,10?,11+,12?/m0/s1. The molecule has 0 aromatic heterocycles. The number of carbonyl (C=O) groups excluding carboxylic acids is 1. The number of nitrogens with one attached hydrogen (secondary N) is 1. The van der Waals surface area contributed by atoms with Crippen LogP contribution in [0.4, 0.5) is 0 Å². The fourth-order valence-electron chi connectivity index (χ4n) is 3.13. The monoisotopic (exact) mass is 240 g/mol. The Balaban J connectivity index is 1.67. The van der Waals surface area contributed by atoms with E-state index in [0.717, 1.165) is 38.5 Å². The Hall–Kier alpha value is -0.610. The van der Waals surface area contributed by atoms with Crippen molar-refractivity contribution in [2.24, 2.45) is 17.6 Å². The maximum atomic E-state index is 11.8. The summed E-state index contributed by atoms with van der Waals surface area (Å²) in [6.45, 7) is 0.627. The first kappa shape index (κ1) is 12.8. The van der Waals surface area contributed by atoms with Crippen LogP contribution in [-0.2, 0) is 4.79 Å². The van der Waals surface area contributed by atoms with Gasteiger partial charge in [0.15, 0.2) is 0 Å². The molecular weight excluding hydrogens is 216 g/mol. The third-order valence-corrected chi connectivity index (χ3v) is 4.35. The lowest BCUT2D eigenvalue weighted by Gasteiger charge is -2.18. The highest BCUT2D eigenvalue weighted by atomic mass is 16.3. The molecular formula is C13H24N2O2. The van der Waals surface area contributed by atoms with Crippen molar-refractivity contribution in [2.45, 2.75) is 57.1 Å². The molecule has 0 aromatic carbocycles. The predicted molar refractivity (Wildman–Crippen MR) is 66.3 cm³/mol. The number of rotatable bonds is 4. The second-order valence-corrected chi connectivity index (χ2v) is 5.62. The Morgan fingerprint density at radius 1 is 1.18 bits per heavy atom. The zero-order valence-corrected chi connectivity index (χ0v) is 10.4. The molecule has 2 saturated carbocycles. The van der Waals surface area contributed by atoms with Crippen LogP contribution < -0.4 is 11.1 Å². The van der Waals surface area contributed by atoms with Crippen molar-refractivity contribution in [1.82, 2.24) is 5.32 Å². The van der Waals surface area contributed by atoms with Crippen LogP contribution in [0.25, 0.3) is 0 Å². The van der Waals surface area contributed by atoms with E-state index in [1.807, 2.05) is 0 Å². The van der Waals surface area contributed by atoms with Gasteiger partial charge in [0, 0.05) is 24.9 Å². The van der Waals surface area contributed by atoms with Crippen LogP contribution in [0.15, 0.2) is 0 Å². The van der Waals surface area contributed by atoms with Crippen LogP contribution in [0.1, 0.15) is 44.9 Å². The number of hydrogen-bond donors (Lipinski definition) is 3. The predicted octanol–water partition coefficient (Wildman–Crippen LogP) is 0.781. The van der Waals surface area contributed by atoms with Crippen molar-refractivity contribution in [3.8, 4) is 0 Å². The molecule has 17 heavy (non-hydrogen) atoms. The fourth-order valence-corrected chi connectivity index (χ4v) is 3.13. The van der Waals surface area contributed by atoms with Gasteiger partial charge in [0.1, 0.15) is 0 Å². The van der Waals surface area contributed by atoms with Crippen LogP contribution in [0.2, 0.25) is 0 Å². The van der Waals surface area contributed by atoms with Gasteiger partial charge in [-0.2, -0.15) is 0 Å². The van der Waals surface area contributed by atoms with Crippen molar-refractivity contribution < 1.29 is 9.90 Å². The molecule has 2 unspecified atom stereocenters. The highest BCUT2D eigenvalue weighted by molar-refractivity contribution is 5.76. The summed E-state index contributed by atoms with van der Waals surface area (Å²) in [7, 11) is 0. The van der Waals surface area contributed by atoms with Gasteiger partial charge in [-0.3, -0.25) is 4.79 Å². The summed E-state index contributed by atoms with van der Waals surface area (Å²) >= 11 is 0. The molecule has 0 aliphatic heterocycles. The van der Waals surface area contributed by atoms with Gasteiger partial charge in [0.2, 0.25) is 5.91 Å². The number of amides is 1. The third kappa shape index (κ3) is 3.42. The maximum absolute atomic E-state index is 11.8. The van der Waals surface area contributed by atoms with Crippen molar-refractivity contribution in [1.29, 1.82) is 0 Å². The molecule has 0 heterocycles. The molecule has 2 aliphatic carbocycles. The van der Waals surface area contributed by atoms with E-state index in [1.54, 1.807) is 0 Å². The molecule has 4 atom stereocenters. The van der Waals surface area contributed by atoms with Gasteiger partial charge < -0.3 is 16.2 Å². The summed E-state index contributed by atoms with van der Waals surface area (Å²) in [5.41, 5.74) is 5.95. The Bertz CT molecular complexity index is 270. The molecule has 0 aromatic rings. The van der Waals surface area contributed by atoms with Gasteiger partial charge in [-0.15, -0.1) is 0 Å². The highest BCUT2D eigenvalue weighted by Gasteiger charge is 2.28. The van der Waals surface area contributed by atoms with Crippen molar-refractivity contribution in [3.05, 3.63) is 0 Å². The van der Waals surface area contributed by atoms with Crippen LogP contribution >= 0.6 is 0 Å². The third-order valence-electron chi connectivity index (χ3n) is 4.35. The van der Waals surface area contributed by atoms with Gasteiger partial charge in [-0.25, -0.2) is 0 Å². The Morgan fingerprint density at radius 3 is 2.47 bits per heavy atom. The molecule has 0 radical (unpaired) electrons. The quantitative estimate of drug-likeness (QED) is 0.680. The van der Waals surface area contributed by atoms with E-state index in [0.29, 0.717) is 18.9 Å². The minimum atomic E-state index is -0.218. The van der Waals surface area contributed by atoms with Crippen LogP contribution in [0.5, 0.6) is 0 Å². The van der Waals surface area contributed by atoms with Gasteiger partial charge in [0.05, 0.1) is 6.10 Å². The second-order valence-electron chi connectivity index (χ2n) is 5.62. The molecule has 2 rings (SSSR count). The Kier molecular flexibility index (Phi) is 4.40. The zero-order chi connectivity index (χ0) is 12.3. The van der Waals surface area contributed by atoms with Crippen LogP contribution in [0.3, 0.4) is 0 Å². The average Bonchev–Trinajstić information content (AvgIpc) is 2.86. The smallest absolute Gasteiger partial charge is 0.220 e. The Morgan fingerprint density at radius 2 is 1.88 bits per heavy atom. The van der Waals surface area contributed by atoms with E-state index in [9.17, 15) is 9.90 Å². The summed E-state index contributed by atoms with van der Waals surface area (Å²) in [5.74, 6) is 0.728. The minimum Gasteiger partial charge on any atom is -0.393 e. The number of nitrogens with two attached hydrogens (primary N) is 1. The van der Waals surface area contributed by atoms with Crippen molar-refractivity contribution in [3.63, 3.8) is 0 Å². The van der Waals surface area contributed by atoms with E-state index >= 15 is 0 Å². The first-order chi connectivity index (χ1) is 8.16. The van der Waals surface area contributed by atoms with Crippen LogP contribution in [-0.4, -0.2) is 29.7 Å². The van der Waals surface area contributed by atoms with E-state index in [2.05, 4.69) is 5.32 Å². The average molecular weight is 240 g/mol. The normalized spacial score (nSPS) is 37.3. The molecule has 2 fully saturated rings. The second kappa shape index (κ2) is 5.83. The lowest BCUT2D eigenvalue weighted by Crippen LogP contribution is -2.35. The van der Waals surface area contributed by atoms with Gasteiger partial charge >= 0.3 is 0 Å². The molecule has 0 saturated heterocycles. The van der Waals surface area contributed by atoms with E-state index in [-0.39, 0.29) is 24.0 Å². The first-order valence-electron chi connectivity index (χ1n) is 6.87. The molecule has 98 valence electrons. The molecule has 0 spiro atoms. The number of carbonyl (C=O) groups is 1. The lowest BCUT2D eigenvalue weighted by molar-refractivity contribution is -0.122. The highest BCUT2D eigenvalue weighted by Crippen LogP contribution is 2.27. The molecule has 1 amide bonds. The van der Waals surface area contributed by atoms with Crippen molar-refractivity contribution in [2.75, 3.05) is 6.54 Å². The van der Waals surface area contributed by atoms with Gasteiger partial charge in [-0.1, -0.05) is 12.8 Å². The molecule has 0 bridgehead atoms. The van der Waals surface area contributed by atoms with Gasteiger partial charge in [0.25, 0.3) is 0 Å². The lowest BCUT2D eigenvalue weighted by atomic mass is 9.99. The number of hydrogen-bond acceptors (Lipinski definition) is 3.